The fourth-order valence-corrected chi connectivity index (χ4v) is 4.46. The van der Waals surface area contributed by atoms with Crippen molar-refractivity contribution in [2.45, 2.75) is 33.4 Å². The number of aryl methyl sites for hydroxylation is 2. The lowest BCUT2D eigenvalue weighted by molar-refractivity contribution is 0.0629. The SMILES string of the molecule is CCn1cc(CN2CCN(C(=O)c3cnn4c(C(F)F)cc(-c5ccc(F)cc5)nc34)CC2)c(C)n1. The maximum atomic E-state index is 13.8. The Morgan fingerprint density at radius 1 is 1.11 bits per heavy atom. The van der Waals surface area contributed by atoms with E-state index >= 15 is 0 Å². The van der Waals surface area contributed by atoms with E-state index in [0.717, 1.165) is 28.9 Å². The van der Waals surface area contributed by atoms with Gasteiger partial charge in [-0.15, -0.1) is 0 Å². The van der Waals surface area contributed by atoms with E-state index in [1.807, 2.05) is 18.5 Å². The molecule has 188 valence electrons. The van der Waals surface area contributed by atoms with Gasteiger partial charge in [-0.05, 0) is 44.2 Å². The molecule has 5 rings (SSSR count). The summed E-state index contributed by atoms with van der Waals surface area (Å²) >= 11 is 0. The van der Waals surface area contributed by atoms with Crippen LogP contribution in [0.3, 0.4) is 0 Å². The predicted octanol–water partition coefficient (Wildman–Crippen LogP) is 3.96. The van der Waals surface area contributed by atoms with Crippen molar-refractivity contribution in [1.82, 2.24) is 34.2 Å². The maximum Gasteiger partial charge on any atom is 0.280 e. The summed E-state index contributed by atoms with van der Waals surface area (Å²) in [6, 6.07) is 6.62. The second kappa shape index (κ2) is 9.73. The zero-order valence-electron chi connectivity index (χ0n) is 20.0. The van der Waals surface area contributed by atoms with Crippen LogP contribution in [-0.2, 0) is 13.1 Å². The van der Waals surface area contributed by atoms with Gasteiger partial charge in [-0.2, -0.15) is 10.2 Å². The number of halogens is 3. The number of fused-ring (bicyclic) bond motifs is 1. The molecule has 8 nitrogen and oxygen atoms in total. The summed E-state index contributed by atoms with van der Waals surface area (Å²) < 4.78 is 44.0. The van der Waals surface area contributed by atoms with Crippen molar-refractivity contribution in [1.29, 1.82) is 0 Å². The number of carbonyl (C=O) groups is 1. The van der Waals surface area contributed by atoms with Crippen molar-refractivity contribution in [2.75, 3.05) is 26.2 Å². The largest absolute Gasteiger partial charge is 0.336 e. The van der Waals surface area contributed by atoms with Crippen LogP contribution in [-0.4, -0.2) is 66.3 Å². The van der Waals surface area contributed by atoms with Gasteiger partial charge >= 0.3 is 0 Å². The van der Waals surface area contributed by atoms with E-state index in [1.54, 1.807) is 4.90 Å². The third-order valence-electron chi connectivity index (χ3n) is 6.52. The Morgan fingerprint density at radius 2 is 1.83 bits per heavy atom. The van der Waals surface area contributed by atoms with Crippen molar-refractivity contribution in [3.63, 3.8) is 0 Å². The minimum Gasteiger partial charge on any atom is -0.336 e. The first kappa shape index (κ1) is 24.0. The fraction of sp³-hybridized carbons (Fsp3) is 0.360. The molecule has 0 saturated carbocycles. The van der Waals surface area contributed by atoms with Gasteiger partial charge in [-0.3, -0.25) is 14.4 Å². The van der Waals surface area contributed by atoms with E-state index in [1.165, 1.54) is 36.5 Å². The van der Waals surface area contributed by atoms with E-state index < -0.39 is 12.2 Å². The fourth-order valence-electron chi connectivity index (χ4n) is 4.46. The van der Waals surface area contributed by atoms with E-state index in [9.17, 15) is 18.0 Å². The number of piperazine rings is 1. The standard InChI is InChI=1S/C25H26F3N7O/c1-3-34-15-18(16(2)31-34)14-32-8-10-33(11-9-32)25(36)20-13-29-35-22(23(27)28)12-21(30-24(20)35)17-4-6-19(26)7-5-17/h4-7,12-13,15,23H,3,8-11,14H2,1-2H3. The molecule has 4 heterocycles. The number of amides is 1. The lowest BCUT2D eigenvalue weighted by Gasteiger charge is -2.34. The van der Waals surface area contributed by atoms with Crippen LogP contribution < -0.4 is 0 Å². The van der Waals surface area contributed by atoms with Crippen molar-refractivity contribution < 1.29 is 18.0 Å². The molecule has 36 heavy (non-hydrogen) atoms. The number of hydrogen-bond acceptors (Lipinski definition) is 5. The highest BCUT2D eigenvalue weighted by molar-refractivity contribution is 6.00. The minimum atomic E-state index is -2.83. The highest BCUT2D eigenvalue weighted by Gasteiger charge is 2.27. The Hall–Kier alpha value is -3.73. The van der Waals surface area contributed by atoms with Crippen molar-refractivity contribution in [3.05, 3.63) is 71.1 Å². The molecule has 0 atom stereocenters. The first-order valence-electron chi connectivity index (χ1n) is 11.8. The first-order valence-corrected chi connectivity index (χ1v) is 11.8. The van der Waals surface area contributed by atoms with Crippen LogP contribution in [0.5, 0.6) is 0 Å². The van der Waals surface area contributed by atoms with Gasteiger partial charge in [0.2, 0.25) is 0 Å². The predicted molar refractivity (Wildman–Crippen MR) is 127 cm³/mol. The summed E-state index contributed by atoms with van der Waals surface area (Å²) in [5.41, 5.74) is 2.69. The molecule has 1 saturated heterocycles. The second-order valence-electron chi connectivity index (χ2n) is 8.83. The first-order chi connectivity index (χ1) is 17.3. The van der Waals surface area contributed by atoms with E-state index in [-0.39, 0.29) is 28.5 Å². The molecule has 0 radical (unpaired) electrons. The quantitative estimate of drug-likeness (QED) is 0.403. The smallest absolute Gasteiger partial charge is 0.280 e. The lowest BCUT2D eigenvalue weighted by atomic mass is 10.1. The third kappa shape index (κ3) is 4.58. The summed E-state index contributed by atoms with van der Waals surface area (Å²) in [6.45, 7) is 7.96. The Bertz CT molecular complexity index is 1390. The molecule has 0 unspecified atom stereocenters. The zero-order chi connectivity index (χ0) is 25.4. The van der Waals surface area contributed by atoms with Crippen LogP contribution in [0.1, 0.15) is 40.7 Å². The Balaban J connectivity index is 1.37. The minimum absolute atomic E-state index is 0.0576. The molecule has 0 N–H and O–H groups in total. The number of nitrogens with zero attached hydrogens (tertiary/aromatic N) is 7. The number of benzene rings is 1. The summed E-state index contributed by atoms with van der Waals surface area (Å²) in [7, 11) is 0. The second-order valence-corrected chi connectivity index (χ2v) is 8.83. The van der Waals surface area contributed by atoms with Gasteiger partial charge in [0.1, 0.15) is 17.1 Å². The average molecular weight is 498 g/mol. The number of aromatic nitrogens is 5. The molecule has 1 aliphatic heterocycles. The molecule has 1 fully saturated rings. The monoisotopic (exact) mass is 497 g/mol. The Labute approximate surface area is 206 Å². The highest BCUT2D eigenvalue weighted by atomic mass is 19.3. The lowest BCUT2D eigenvalue weighted by Crippen LogP contribution is -2.48. The molecule has 1 amide bonds. The molecule has 4 aromatic rings. The normalized spacial score (nSPS) is 14.8. The molecule has 0 aliphatic carbocycles. The molecule has 1 aliphatic rings. The number of hydrogen-bond donors (Lipinski definition) is 0. The van der Waals surface area contributed by atoms with Crippen LogP contribution in [0.25, 0.3) is 16.9 Å². The molecule has 0 spiro atoms. The number of rotatable bonds is 6. The molecular weight excluding hydrogens is 471 g/mol. The maximum absolute atomic E-state index is 13.8. The number of carbonyl (C=O) groups excluding carboxylic acids is 1. The summed E-state index contributed by atoms with van der Waals surface area (Å²) in [4.78, 5) is 21.8. The van der Waals surface area contributed by atoms with E-state index in [2.05, 4.69) is 26.3 Å². The van der Waals surface area contributed by atoms with Gasteiger partial charge in [0, 0.05) is 56.6 Å². The van der Waals surface area contributed by atoms with Crippen LogP contribution in [0, 0.1) is 12.7 Å². The zero-order valence-corrected chi connectivity index (χ0v) is 20.0. The van der Waals surface area contributed by atoms with Crippen LogP contribution in [0.2, 0.25) is 0 Å². The van der Waals surface area contributed by atoms with Gasteiger partial charge in [0.25, 0.3) is 12.3 Å². The highest BCUT2D eigenvalue weighted by Crippen LogP contribution is 2.27. The molecule has 3 aromatic heterocycles. The summed E-state index contributed by atoms with van der Waals surface area (Å²) in [5, 5.41) is 8.53. The molecular formula is C25H26F3N7O. The van der Waals surface area contributed by atoms with Gasteiger partial charge in [-0.25, -0.2) is 22.7 Å². The number of alkyl halides is 2. The summed E-state index contributed by atoms with van der Waals surface area (Å²) in [5.74, 6) is -0.744. The van der Waals surface area contributed by atoms with Gasteiger partial charge < -0.3 is 4.90 Å². The van der Waals surface area contributed by atoms with E-state index in [4.69, 9.17) is 0 Å². The Morgan fingerprint density at radius 3 is 2.47 bits per heavy atom. The molecule has 0 bridgehead atoms. The summed E-state index contributed by atoms with van der Waals surface area (Å²) in [6.07, 6.45) is 0.512. The van der Waals surface area contributed by atoms with Gasteiger partial charge in [0.05, 0.1) is 17.6 Å². The topological polar surface area (TPSA) is 71.6 Å². The Kier molecular flexibility index (Phi) is 6.48. The van der Waals surface area contributed by atoms with Crippen LogP contribution in [0.15, 0.2) is 42.7 Å². The molecule has 1 aromatic carbocycles. The third-order valence-corrected chi connectivity index (χ3v) is 6.52. The van der Waals surface area contributed by atoms with Crippen molar-refractivity contribution in [2.24, 2.45) is 0 Å². The molecule has 11 heteroatoms. The van der Waals surface area contributed by atoms with Gasteiger partial charge in [0.15, 0.2) is 5.65 Å². The average Bonchev–Trinajstić information content (AvgIpc) is 3.47. The van der Waals surface area contributed by atoms with Crippen molar-refractivity contribution >= 4 is 11.6 Å². The van der Waals surface area contributed by atoms with Crippen LogP contribution >= 0.6 is 0 Å². The van der Waals surface area contributed by atoms with Crippen LogP contribution in [0.4, 0.5) is 13.2 Å². The van der Waals surface area contributed by atoms with Crippen molar-refractivity contribution in [3.8, 4) is 11.3 Å². The van der Waals surface area contributed by atoms with E-state index in [0.29, 0.717) is 31.7 Å². The van der Waals surface area contributed by atoms with Gasteiger partial charge in [-0.1, -0.05) is 0 Å².